The third kappa shape index (κ3) is 5.37. The van der Waals surface area contributed by atoms with E-state index >= 15 is 0 Å². The molecule has 1 saturated heterocycles. The highest BCUT2D eigenvalue weighted by Gasteiger charge is 2.16. The van der Waals surface area contributed by atoms with Gasteiger partial charge >= 0.3 is 6.03 Å². The molecule has 0 aromatic heterocycles. The minimum absolute atomic E-state index is 0.175. The van der Waals surface area contributed by atoms with E-state index in [4.69, 9.17) is 0 Å². The van der Waals surface area contributed by atoms with Crippen LogP contribution in [-0.4, -0.2) is 54.2 Å². The molecule has 1 atom stereocenters. The highest BCUT2D eigenvalue weighted by molar-refractivity contribution is 5.74. The van der Waals surface area contributed by atoms with Gasteiger partial charge in [0.25, 0.3) is 0 Å². The van der Waals surface area contributed by atoms with Crippen molar-refractivity contribution in [3.05, 3.63) is 29.6 Å². The molecule has 0 spiro atoms. The predicted octanol–water partition coefficient (Wildman–Crippen LogP) is 3.11. The number of nitrogens with zero attached hydrogens (tertiary/aromatic N) is 2. The van der Waals surface area contributed by atoms with Crippen LogP contribution in [0.4, 0.5) is 9.18 Å². The van der Waals surface area contributed by atoms with Gasteiger partial charge in [-0.1, -0.05) is 18.9 Å². The minimum atomic E-state index is -0.678. The van der Waals surface area contributed by atoms with Gasteiger partial charge in [0.05, 0.1) is 6.04 Å². The number of aromatic hydroxyl groups is 1. The van der Waals surface area contributed by atoms with Crippen LogP contribution in [0.1, 0.15) is 44.2 Å². The lowest BCUT2D eigenvalue weighted by Gasteiger charge is -2.25. The van der Waals surface area contributed by atoms with Crippen LogP contribution in [0.25, 0.3) is 0 Å². The van der Waals surface area contributed by atoms with E-state index in [1.807, 2.05) is 0 Å². The van der Waals surface area contributed by atoms with Gasteiger partial charge in [0.1, 0.15) is 0 Å². The molecular weight excluding hydrogens is 309 g/mol. The number of carbonyl (C=O) groups excluding carboxylic acids is 1. The Morgan fingerprint density at radius 2 is 2.00 bits per heavy atom. The Labute approximate surface area is 143 Å². The van der Waals surface area contributed by atoms with Gasteiger partial charge in [0.2, 0.25) is 0 Å². The van der Waals surface area contributed by atoms with Crippen molar-refractivity contribution in [3.63, 3.8) is 0 Å². The maximum Gasteiger partial charge on any atom is 0.317 e. The van der Waals surface area contributed by atoms with Crippen LogP contribution < -0.4 is 5.32 Å². The third-order valence-corrected chi connectivity index (χ3v) is 4.61. The second-order valence-electron chi connectivity index (χ2n) is 6.56. The first-order chi connectivity index (χ1) is 11.5. The topological polar surface area (TPSA) is 55.8 Å². The van der Waals surface area contributed by atoms with Gasteiger partial charge in [-0.3, -0.25) is 0 Å². The molecule has 134 valence electrons. The van der Waals surface area contributed by atoms with Crippen molar-refractivity contribution in [2.75, 3.05) is 33.2 Å². The first-order valence-electron chi connectivity index (χ1n) is 8.70. The second-order valence-corrected chi connectivity index (χ2v) is 6.56. The number of likely N-dealkylation sites (N-methyl/N-ethyl adjacent to an activating group) is 1. The summed E-state index contributed by atoms with van der Waals surface area (Å²) in [5, 5.41) is 12.1. The molecule has 1 aliphatic rings. The lowest BCUT2D eigenvalue weighted by Crippen LogP contribution is -2.42. The van der Waals surface area contributed by atoms with E-state index in [1.54, 1.807) is 24.9 Å². The number of hydrogen-bond acceptors (Lipinski definition) is 3. The number of rotatable bonds is 5. The molecule has 0 radical (unpaired) electrons. The number of benzene rings is 1. The Balaban J connectivity index is 1.80. The van der Waals surface area contributed by atoms with Crippen LogP contribution in [0.2, 0.25) is 0 Å². The fourth-order valence-corrected chi connectivity index (χ4v) is 2.92. The number of urea groups is 1. The van der Waals surface area contributed by atoms with Crippen molar-refractivity contribution >= 4 is 6.03 Å². The molecule has 2 N–H and O–H groups in total. The summed E-state index contributed by atoms with van der Waals surface area (Å²) in [7, 11) is 1.78. The molecule has 2 rings (SSSR count). The van der Waals surface area contributed by atoms with Gasteiger partial charge in [-0.2, -0.15) is 0 Å². The number of likely N-dealkylation sites (tertiary alicyclic amines) is 1. The number of hydrogen-bond donors (Lipinski definition) is 2. The molecule has 24 heavy (non-hydrogen) atoms. The normalized spacial score (nSPS) is 17.1. The van der Waals surface area contributed by atoms with Gasteiger partial charge in [0, 0.05) is 20.1 Å². The second kappa shape index (κ2) is 8.87. The van der Waals surface area contributed by atoms with E-state index < -0.39 is 5.82 Å². The standard InChI is InChI=1S/C18H28FN3O2/c1-14(15-7-8-17(23)16(19)13-15)20-18(24)21(2)11-12-22-9-5-3-4-6-10-22/h7-8,13-14,23H,3-6,9-12H2,1-2H3,(H,20,24)/t14-/m0/s1. The first kappa shape index (κ1) is 18.5. The Hall–Kier alpha value is -1.82. The summed E-state index contributed by atoms with van der Waals surface area (Å²) < 4.78 is 13.4. The number of halogens is 1. The van der Waals surface area contributed by atoms with Crippen molar-refractivity contribution in [3.8, 4) is 5.75 Å². The van der Waals surface area contributed by atoms with Gasteiger partial charge in [-0.25, -0.2) is 9.18 Å². The van der Waals surface area contributed by atoms with Crippen LogP contribution in [0.5, 0.6) is 5.75 Å². The van der Waals surface area contributed by atoms with Crippen LogP contribution in [0.3, 0.4) is 0 Å². The fraction of sp³-hybridized carbons (Fsp3) is 0.611. The Bertz CT molecular complexity index is 545. The van der Waals surface area contributed by atoms with E-state index in [1.165, 1.54) is 37.8 Å². The van der Waals surface area contributed by atoms with E-state index in [0.717, 1.165) is 19.6 Å². The predicted molar refractivity (Wildman–Crippen MR) is 92.5 cm³/mol. The molecule has 0 aliphatic carbocycles. The first-order valence-corrected chi connectivity index (χ1v) is 8.70. The third-order valence-electron chi connectivity index (χ3n) is 4.61. The maximum absolute atomic E-state index is 13.4. The Kier molecular flexibility index (Phi) is 6.85. The molecule has 1 aromatic carbocycles. The number of carbonyl (C=O) groups is 1. The highest BCUT2D eigenvalue weighted by Crippen LogP contribution is 2.20. The van der Waals surface area contributed by atoms with Crippen LogP contribution >= 0.6 is 0 Å². The summed E-state index contributed by atoms with van der Waals surface area (Å²) in [6.07, 6.45) is 5.07. The summed E-state index contributed by atoms with van der Waals surface area (Å²) in [6, 6.07) is 3.66. The highest BCUT2D eigenvalue weighted by atomic mass is 19.1. The Morgan fingerprint density at radius 3 is 2.62 bits per heavy atom. The molecule has 6 heteroatoms. The van der Waals surface area contributed by atoms with Gasteiger partial charge < -0.3 is 20.2 Å². The van der Waals surface area contributed by atoms with Crippen molar-refractivity contribution in [2.24, 2.45) is 0 Å². The SMILES string of the molecule is C[C@H](NC(=O)N(C)CCN1CCCCCC1)c1ccc(O)c(F)c1. The lowest BCUT2D eigenvalue weighted by atomic mass is 10.1. The quantitative estimate of drug-likeness (QED) is 0.868. The molecule has 5 nitrogen and oxygen atoms in total. The smallest absolute Gasteiger partial charge is 0.317 e. The number of phenolic OH excluding ortho intramolecular Hbond substituents is 1. The zero-order chi connectivity index (χ0) is 17.5. The van der Waals surface area contributed by atoms with Crippen LogP contribution in [0.15, 0.2) is 18.2 Å². The van der Waals surface area contributed by atoms with Crippen molar-refractivity contribution in [1.29, 1.82) is 0 Å². The van der Waals surface area contributed by atoms with Crippen molar-refractivity contribution in [1.82, 2.24) is 15.1 Å². The molecule has 0 unspecified atom stereocenters. The summed E-state index contributed by atoms with van der Waals surface area (Å²) in [5.41, 5.74) is 0.625. The Morgan fingerprint density at radius 1 is 1.33 bits per heavy atom. The van der Waals surface area contributed by atoms with Gasteiger partial charge in [-0.15, -0.1) is 0 Å². The summed E-state index contributed by atoms with van der Waals surface area (Å²) >= 11 is 0. The zero-order valence-corrected chi connectivity index (χ0v) is 14.6. The summed E-state index contributed by atoms with van der Waals surface area (Å²) in [5.74, 6) is -1.06. The summed E-state index contributed by atoms with van der Waals surface area (Å²) in [4.78, 5) is 16.3. The molecule has 2 amide bonds. The average Bonchev–Trinajstić information content (AvgIpc) is 2.83. The zero-order valence-electron chi connectivity index (χ0n) is 14.6. The number of nitrogens with one attached hydrogen (secondary N) is 1. The molecule has 0 bridgehead atoms. The molecule has 1 fully saturated rings. The monoisotopic (exact) mass is 337 g/mol. The van der Waals surface area contributed by atoms with E-state index in [2.05, 4.69) is 10.2 Å². The van der Waals surface area contributed by atoms with Crippen LogP contribution in [0, 0.1) is 5.82 Å². The van der Waals surface area contributed by atoms with Crippen molar-refractivity contribution in [2.45, 2.75) is 38.6 Å². The van der Waals surface area contributed by atoms with Gasteiger partial charge in [0.15, 0.2) is 11.6 Å². The molecule has 0 saturated carbocycles. The molecule has 1 aliphatic heterocycles. The fourth-order valence-electron chi connectivity index (χ4n) is 2.92. The summed E-state index contributed by atoms with van der Waals surface area (Å²) in [6.45, 7) is 5.57. The molecule has 1 aromatic rings. The number of amides is 2. The minimum Gasteiger partial charge on any atom is -0.505 e. The van der Waals surface area contributed by atoms with Crippen LogP contribution in [-0.2, 0) is 0 Å². The number of phenols is 1. The van der Waals surface area contributed by atoms with E-state index in [9.17, 15) is 14.3 Å². The van der Waals surface area contributed by atoms with Crippen molar-refractivity contribution < 1.29 is 14.3 Å². The van der Waals surface area contributed by atoms with Gasteiger partial charge in [-0.05, 0) is 50.6 Å². The average molecular weight is 337 g/mol. The molecular formula is C18H28FN3O2. The molecule has 1 heterocycles. The maximum atomic E-state index is 13.4. The van der Waals surface area contributed by atoms with E-state index in [0.29, 0.717) is 12.1 Å². The lowest BCUT2D eigenvalue weighted by molar-refractivity contribution is 0.192. The largest absolute Gasteiger partial charge is 0.505 e. The van der Waals surface area contributed by atoms with E-state index in [-0.39, 0.29) is 17.8 Å².